The van der Waals surface area contributed by atoms with Crippen LogP contribution in [-0.4, -0.2) is 58.8 Å². The van der Waals surface area contributed by atoms with Gasteiger partial charge in [-0.25, -0.2) is 9.97 Å². The fourth-order valence-corrected chi connectivity index (χ4v) is 3.63. The minimum Gasteiger partial charge on any atom is -0.394 e. The van der Waals surface area contributed by atoms with Crippen LogP contribution in [0.4, 0.5) is 5.82 Å². The predicted octanol–water partition coefficient (Wildman–Crippen LogP) is 3.42. The molecule has 2 aromatic heterocycles. The molecule has 0 spiro atoms. The largest absolute Gasteiger partial charge is 0.394 e. The Bertz CT molecular complexity index is 1120. The Morgan fingerprint density at radius 1 is 1.03 bits per heavy atom. The molecule has 0 bridgehead atoms. The molecule has 0 fully saturated rings. The van der Waals surface area contributed by atoms with E-state index in [2.05, 4.69) is 74.9 Å². The summed E-state index contributed by atoms with van der Waals surface area (Å²) in [6, 6.07) is 20.2. The van der Waals surface area contributed by atoms with Crippen LogP contribution in [0.15, 0.2) is 67.0 Å². The van der Waals surface area contributed by atoms with Gasteiger partial charge in [-0.3, -0.25) is 0 Å². The maximum absolute atomic E-state index is 9.91. The molecule has 2 aromatic carbocycles. The summed E-state index contributed by atoms with van der Waals surface area (Å²) in [7, 11) is 4.15. The lowest BCUT2D eigenvalue weighted by Crippen LogP contribution is -2.26. The fraction of sp³-hybridized carbons (Fsp3) is 0.280. The summed E-state index contributed by atoms with van der Waals surface area (Å²) in [6.45, 7) is 2.80. The Balaban J connectivity index is 1.50. The molecule has 0 saturated carbocycles. The molecule has 1 atom stereocenters. The zero-order valence-electron chi connectivity index (χ0n) is 18.5. The number of nitrogens with zero attached hydrogens (tertiary/aromatic N) is 3. The summed E-state index contributed by atoms with van der Waals surface area (Å²) < 4.78 is 0. The van der Waals surface area contributed by atoms with E-state index in [9.17, 15) is 5.11 Å². The third kappa shape index (κ3) is 5.31. The van der Waals surface area contributed by atoms with Crippen LogP contribution in [-0.2, 0) is 6.54 Å². The molecule has 4 aromatic rings. The van der Waals surface area contributed by atoms with Crippen molar-refractivity contribution in [3.05, 3.63) is 78.1 Å². The molecule has 0 aliphatic carbocycles. The smallest absolute Gasteiger partial charge is 0.143 e. The summed E-state index contributed by atoms with van der Waals surface area (Å²) in [4.78, 5) is 14.4. The lowest BCUT2D eigenvalue weighted by Gasteiger charge is -2.17. The van der Waals surface area contributed by atoms with E-state index in [1.165, 1.54) is 11.9 Å². The summed E-state index contributed by atoms with van der Waals surface area (Å²) in [5, 5.41) is 17.6. The first kappa shape index (κ1) is 22.0. The van der Waals surface area contributed by atoms with Crippen molar-refractivity contribution < 1.29 is 5.11 Å². The number of aliphatic hydroxyl groups is 1. The maximum Gasteiger partial charge on any atom is 0.143 e. The van der Waals surface area contributed by atoms with Crippen LogP contribution in [0.5, 0.6) is 0 Å². The first-order valence-electron chi connectivity index (χ1n) is 10.8. The van der Waals surface area contributed by atoms with Gasteiger partial charge in [0.25, 0.3) is 0 Å². The van der Waals surface area contributed by atoms with Crippen molar-refractivity contribution in [2.75, 3.05) is 39.1 Å². The van der Waals surface area contributed by atoms with E-state index in [1.807, 2.05) is 30.3 Å². The summed E-state index contributed by atoms with van der Waals surface area (Å²) in [5.74, 6) is 0.696. The lowest BCUT2D eigenvalue weighted by atomic mass is 10.1. The zero-order valence-corrected chi connectivity index (χ0v) is 18.5. The highest BCUT2D eigenvalue weighted by Gasteiger charge is 2.15. The molecular weight excluding hydrogens is 400 g/mol. The van der Waals surface area contributed by atoms with E-state index in [4.69, 9.17) is 0 Å². The standard InChI is InChI=1S/C25H30N6O/c1-31(2)13-12-26-15-18-8-10-20(11-9-18)22-14-21-24(29-22)27-17-28-25(21)30-23(16-32)19-6-4-3-5-7-19/h3-11,14,17,23,26,32H,12-13,15-16H2,1-2H3,(H2,27,28,29,30)/t23-/m1/s1. The van der Waals surface area contributed by atoms with Crippen molar-refractivity contribution in [1.82, 2.24) is 25.2 Å². The number of nitrogens with one attached hydrogen (secondary N) is 3. The zero-order chi connectivity index (χ0) is 22.3. The first-order valence-corrected chi connectivity index (χ1v) is 10.8. The maximum atomic E-state index is 9.91. The van der Waals surface area contributed by atoms with Gasteiger partial charge >= 0.3 is 0 Å². The monoisotopic (exact) mass is 430 g/mol. The molecule has 7 heteroatoms. The average Bonchev–Trinajstić information content (AvgIpc) is 3.26. The predicted molar refractivity (Wildman–Crippen MR) is 129 cm³/mol. The lowest BCUT2D eigenvalue weighted by molar-refractivity contribution is 0.276. The van der Waals surface area contributed by atoms with E-state index in [0.29, 0.717) is 5.82 Å². The van der Waals surface area contributed by atoms with Crippen molar-refractivity contribution in [2.45, 2.75) is 12.6 Å². The van der Waals surface area contributed by atoms with E-state index in [0.717, 1.165) is 47.5 Å². The van der Waals surface area contributed by atoms with Crippen LogP contribution in [0.1, 0.15) is 17.2 Å². The number of rotatable bonds is 10. The van der Waals surface area contributed by atoms with E-state index >= 15 is 0 Å². The van der Waals surface area contributed by atoms with Crippen molar-refractivity contribution in [2.24, 2.45) is 0 Å². The number of H-pyrrole nitrogens is 1. The average molecular weight is 431 g/mol. The Morgan fingerprint density at radius 2 is 1.81 bits per heavy atom. The number of likely N-dealkylation sites (N-methyl/N-ethyl adjacent to an activating group) is 1. The quantitative estimate of drug-likeness (QED) is 0.288. The molecule has 0 aliphatic heterocycles. The Morgan fingerprint density at radius 3 is 2.53 bits per heavy atom. The molecule has 2 heterocycles. The molecule has 0 aliphatic rings. The van der Waals surface area contributed by atoms with Gasteiger partial charge in [-0.1, -0.05) is 54.6 Å². The minimum atomic E-state index is -0.244. The van der Waals surface area contributed by atoms with Crippen LogP contribution in [0, 0.1) is 0 Å². The highest BCUT2D eigenvalue weighted by atomic mass is 16.3. The topological polar surface area (TPSA) is 89.1 Å². The normalized spacial score (nSPS) is 12.4. The number of hydrogen-bond acceptors (Lipinski definition) is 6. The second-order valence-corrected chi connectivity index (χ2v) is 8.13. The van der Waals surface area contributed by atoms with Crippen LogP contribution >= 0.6 is 0 Å². The Hall–Kier alpha value is -3.26. The van der Waals surface area contributed by atoms with Crippen LogP contribution < -0.4 is 10.6 Å². The number of benzene rings is 2. The molecule has 0 saturated heterocycles. The van der Waals surface area contributed by atoms with E-state index in [1.54, 1.807) is 0 Å². The molecule has 0 radical (unpaired) electrons. The Kier molecular flexibility index (Phi) is 7.11. The summed E-state index contributed by atoms with van der Waals surface area (Å²) in [6.07, 6.45) is 1.53. The number of aromatic nitrogens is 3. The minimum absolute atomic E-state index is 0.0309. The van der Waals surface area contributed by atoms with Crippen molar-refractivity contribution >= 4 is 16.9 Å². The third-order valence-corrected chi connectivity index (χ3v) is 5.45. The van der Waals surface area contributed by atoms with Gasteiger partial charge in [0.15, 0.2) is 0 Å². The molecule has 0 unspecified atom stereocenters. The van der Waals surface area contributed by atoms with Gasteiger partial charge in [0.05, 0.1) is 18.0 Å². The van der Waals surface area contributed by atoms with E-state index < -0.39 is 0 Å². The van der Waals surface area contributed by atoms with Gasteiger partial charge in [-0.05, 0) is 36.9 Å². The fourth-order valence-electron chi connectivity index (χ4n) is 3.63. The second kappa shape index (κ2) is 10.4. The molecule has 4 N–H and O–H groups in total. The van der Waals surface area contributed by atoms with Crippen LogP contribution in [0.2, 0.25) is 0 Å². The Labute approximate surface area is 188 Å². The molecular formula is C25H30N6O. The summed E-state index contributed by atoms with van der Waals surface area (Å²) in [5.41, 5.74) is 5.09. The van der Waals surface area contributed by atoms with Gasteiger partial charge < -0.3 is 25.6 Å². The van der Waals surface area contributed by atoms with Crippen molar-refractivity contribution in [3.63, 3.8) is 0 Å². The highest BCUT2D eigenvalue weighted by molar-refractivity contribution is 5.91. The van der Waals surface area contributed by atoms with Gasteiger partial charge in [0.1, 0.15) is 17.8 Å². The van der Waals surface area contributed by atoms with Crippen molar-refractivity contribution in [1.29, 1.82) is 0 Å². The first-order chi connectivity index (χ1) is 15.6. The van der Waals surface area contributed by atoms with Gasteiger partial charge in [0, 0.05) is 25.3 Å². The number of anilines is 1. The van der Waals surface area contributed by atoms with Gasteiger partial charge in [0.2, 0.25) is 0 Å². The molecule has 166 valence electrons. The number of aliphatic hydroxyl groups excluding tert-OH is 1. The van der Waals surface area contributed by atoms with Gasteiger partial charge in [-0.15, -0.1) is 0 Å². The highest BCUT2D eigenvalue weighted by Crippen LogP contribution is 2.29. The molecule has 4 rings (SSSR count). The van der Waals surface area contributed by atoms with E-state index in [-0.39, 0.29) is 12.6 Å². The van der Waals surface area contributed by atoms with Gasteiger partial charge in [-0.2, -0.15) is 0 Å². The SMILES string of the molecule is CN(C)CCNCc1ccc(-c2cc3c(N[C@H](CO)c4ccccc4)ncnc3[nH]2)cc1. The number of fused-ring (bicyclic) bond motifs is 1. The molecule has 32 heavy (non-hydrogen) atoms. The number of aromatic amines is 1. The van der Waals surface area contributed by atoms with Crippen LogP contribution in [0.25, 0.3) is 22.3 Å². The summed E-state index contributed by atoms with van der Waals surface area (Å²) >= 11 is 0. The van der Waals surface area contributed by atoms with Crippen molar-refractivity contribution in [3.8, 4) is 11.3 Å². The third-order valence-electron chi connectivity index (χ3n) is 5.45. The molecule has 0 amide bonds. The number of hydrogen-bond donors (Lipinski definition) is 4. The molecule has 7 nitrogen and oxygen atoms in total. The second-order valence-electron chi connectivity index (χ2n) is 8.13. The van der Waals surface area contributed by atoms with Crippen LogP contribution in [0.3, 0.4) is 0 Å².